The van der Waals surface area contributed by atoms with Crippen LogP contribution >= 0.6 is 0 Å². The number of aliphatic hydroxyl groups excluding tert-OH is 5. The first kappa shape index (κ1) is 74.7. The average Bonchev–Trinajstić information content (AvgIpc) is 3.45. The Balaban J connectivity index is 2.10. The number of carbonyl (C=O) groups excluding carboxylic acids is 1. The van der Waals surface area contributed by atoms with Gasteiger partial charge in [0.2, 0.25) is 5.91 Å². The summed E-state index contributed by atoms with van der Waals surface area (Å²) >= 11 is 0. The summed E-state index contributed by atoms with van der Waals surface area (Å²) < 4.78 is 11.4. The molecular weight excluding hydrogens is 971 g/mol. The molecule has 1 fully saturated rings. The molecule has 1 aliphatic heterocycles. The van der Waals surface area contributed by atoms with E-state index in [0.29, 0.717) is 12.8 Å². The largest absolute Gasteiger partial charge is 0.394 e. The van der Waals surface area contributed by atoms with Gasteiger partial charge in [0.05, 0.1) is 25.4 Å². The molecule has 7 unspecified atom stereocenters. The van der Waals surface area contributed by atoms with Crippen molar-refractivity contribution in [3.8, 4) is 0 Å². The zero-order valence-electron chi connectivity index (χ0n) is 51.7. The van der Waals surface area contributed by atoms with E-state index in [2.05, 4.69) is 43.5 Å². The van der Waals surface area contributed by atoms with Gasteiger partial charge in [-0.3, -0.25) is 4.79 Å². The zero-order valence-corrected chi connectivity index (χ0v) is 51.7. The molecule has 0 aromatic rings. The summed E-state index contributed by atoms with van der Waals surface area (Å²) in [4.78, 5) is 13.1. The fraction of sp³-hybridized carbons (Fsp3) is 0.928. The second-order valence-electron chi connectivity index (χ2n) is 24.3. The first-order chi connectivity index (χ1) is 38.3. The number of amides is 1. The smallest absolute Gasteiger partial charge is 0.220 e. The molecule has 1 aliphatic rings. The minimum atomic E-state index is -1.55. The lowest BCUT2D eigenvalue weighted by Gasteiger charge is -2.40. The highest BCUT2D eigenvalue weighted by Gasteiger charge is 2.44. The van der Waals surface area contributed by atoms with Gasteiger partial charge in [-0.1, -0.05) is 327 Å². The van der Waals surface area contributed by atoms with Crippen LogP contribution in [0.15, 0.2) is 24.3 Å². The first-order valence-electron chi connectivity index (χ1n) is 34.5. The van der Waals surface area contributed by atoms with Crippen molar-refractivity contribution in [1.29, 1.82) is 0 Å². The van der Waals surface area contributed by atoms with Crippen LogP contribution in [0.2, 0.25) is 0 Å². The van der Waals surface area contributed by atoms with Crippen molar-refractivity contribution in [3.05, 3.63) is 24.3 Å². The number of aliphatic hydroxyl groups is 5. The van der Waals surface area contributed by atoms with E-state index in [1.807, 2.05) is 0 Å². The van der Waals surface area contributed by atoms with Crippen LogP contribution < -0.4 is 5.32 Å². The van der Waals surface area contributed by atoms with E-state index in [-0.39, 0.29) is 12.5 Å². The molecule has 0 aromatic heterocycles. The van der Waals surface area contributed by atoms with Gasteiger partial charge in [0, 0.05) is 6.42 Å². The van der Waals surface area contributed by atoms with Gasteiger partial charge in [-0.2, -0.15) is 0 Å². The minimum absolute atomic E-state index is 0.133. The van der Waals surface area contributed by atoms with Gasteiger partial charge < -0.3 is 40.3 Å². The number of hydrogen-bond donors (Lipinski definition) is 6. The number of carbonyl (C=O) groups is 1. The number of nitrogens with one attached hydrogen (secondary N) is 1. The number of rotatable bonds is 61. The maximum Gasteiger partial charge on any atom is 0.220 e. The van der Waals surface area contributed by atoms with Crippen LogP contribution in [-0.4, -0.2) is 87.5 Å². The van der Waals surface area contributed by atoms with E-state index < -0.39 is 49.5 Å². The molecule has 0 bridgehead atoms. The van der Waals surface area contributed by atoms with Gasteiger partial charge in [0.1, 0.15) is 24.4 Å². The molecule has 78 heavy (non-hydrogen) atoms. The summed E-state index contributed by atoms with van der Waals surface area (Å²) in [6, 6.07) is -0.718. The van der Waals surface area contributed by atoms with Gasteiger partial charge in [-0.25, -0.2) is 0 Å². The van der Waals surface area contributed by atoms with Crippen molar-refractivity contribution in [2.45, 2.75) is 397 Å². The monoisotopic (exact) mass is 1100 g/mol. The lowest BCUT2D eigenvalue weighted by atomic mass is 9.99. The van der Waals surface area contributed by atoms with Crippen LogP contribution in [0.1, 0.15) is 354 Å². The van der Waals surface area contributed by atoms with Crippen molar-refractivity contribution in [2.75, 3.05) is 13.2 Å². The molecular formula is C69H133NO8. The molecule has 462 valence electrons. The lowest BCUT2D eigenvalue weighted by Crippen LogP contribution is -2.60. The third-order valence-corrected chi connectivity index (χ3v) is 16.8. The van der Waals surface area contributed by atoms with Gasteiger partial charge >= 0.3 is 0 Å². The number of ether oxygens (including phenoxy) is 2. The summed E-state index contributed by atoms with van der Waals surface area (Å²) in [5.41, 5.74) is 0. The molecule has 9 nitrogen and oxygen atoms in total. The zero-order chi connectivity index (χ0) is 56.5. The third-order valence-electron chi connectivity index (χ3n) is 16.8. The molecule has 0 radical (unpaired) electrons. The van der Waals surface area contributed by atoms with Crippen LogP contribution in [0.4, 0.5) is 0 Å². The molecule has 0 spiro atoms. The highest BCUT2D eigenvalue weighted by Crippen LogP contribution is 2.24. The summed E-state index contributed by atoms with van der Waals surface area (Å²) in [6.07, 6.45) is 69.5. The lowest BCUT2D eigenvalue weighted by molar-refractivity contribution is -0.302. The predicted octanol–water partition coefficient (Wildman–Crippen LogP) is 18.5. The number of allylic oxidation sites excluding steroid dienone is 4. The summed E-state index contributed by atoms with van der Waals surface area (Å²) in [7, 11) is 0. The number of unbranched alkanes of at least 4 members (excludes halogenated alkanes) is 47. The molecule has 0 saturated carbocycles. The fourth-order valence-electron chi connectivity index (χ4n) is 11.4. The second-order valence-corrected chi connectivity index (χ2v) is 24.3. The van der Waals surface area contributed by atoms with Crippen LogP contribution in [0.25, 0.3) is 0 Å². The van der Waals surface area contributed by atoms with Gasteiger partial charge in [-0.05, 0) is 44.9 Å². The van der Waals surface area contributed by atoms with Crippen molar-refractivity contribution < 1.29 is 39.8 Å². The normalized spacial score (nSPS) is 18.7. The van der Waals surface area contributed by atoms with Gasteiger partial charge in [0.15, 0.2) is 6.29 Å². The van der Waals surface area contributed by atoms with Gasteiger partial charge in [-0.15, -0.1) is 0 Å². The average molecular weight is 1100 g/mol. The summed E-state index contributed by atoms with van der Waals surface area (Å²) in [5, 5.41) is 54.9. The van der Waals surface area contributed by atoms with Crippen molar-refractivity contribution in [2.24, 2.45) is 0 Å². The Morgan fingerprint density at radius 1 is 0.436 bits per heavy atom. The minimum Gasteiger partial charge on any atom is -0.394 e. The fourth-order valence-corrected chi connectivity index (χ4v) is 11.4. The Bertz CT molecular complexity index is 1280. The molecule has 1 rings (SSSR count). The van der Waals surface area contributed by atoms with Crippen LogP contribution in [0.3, 0.4) is 0 Å². The maximum absolute atomic E-state index is 13.1. The predicted molar refractivity (Wildman–Crippen MR) is 332 cm³/mol. The van der Waals surface area contributed by atoms with Crippen molar-refractivity contribution >= 4 is 5.91 Å². The summed E-state index contributed by atoms with van der Waals surface area (Å²) in [5.74, 6) is -0.136. The molecule has 1 saturated heterocycles. The van der Waals surface area contributed by atoms with Crippen LogP contribution in [0.5, 0.6) is 0 Å². The van der Waals surface area contributed by atoms with E-state index in [0.717, 1.165) is 44.9 Å². The third kappa shape index (κ3) is 47.2. The van der Waals surface area contributed by atoms with E-state index in [9.17, 15) is 30.3 Å². The first-order valence-corrected chi connectivity index (χ1v) is 34.5. The molecule has 1 heterocycles. The van der Waals surface area contributed by atoms with Crippen molar-refractivity contribution in [3.63, 3.8) is 0 Å². The maximum atomic E-state index is 13.1. The highest BCUT2D eigenvalue weighted by molar-refractivity contribution is 5.76. The Labute approximate surface area is 483 Å². The molecule has 0 aliphatic carbocycles. The van der Waals surface area contributed by atoms with E-state index in [4.69, 9.17) is 9.47 Å². The molecule has 0 aromatic carbocycles. The topological polar surface area (TPSA) is 149 Å². The highest BCUT2D eigenvalue weighted by atomic mass is 16.7. The SMILES string of the molecule is CCCCCCC/C=C\C/C=C\CCCCCCCCCCCCCCCCCCCCCC(=O)NC(COC1OC(CO)C(O)C(O)C1O)C(O)CCCCCCCCCCCCCCCCCCCCCCCCCC. The standard InChI is InChI=1S/C69H133NO8/c1-3-5-7-9-11-13-15-17-19-21-23-25-27-29-30-31-32-33-34-35-37-39-41-43-45-47-49-51-53-55-57-59-65(73)70-62(61-77-69-68(76)67(75)66(74)64(60-71)78-69)63(72)58-56-54-52-50-48-46-44-42-40-38-36-28-26-24-22-20-18-16-14-12-10-8-6-4-2/h15,17,21,23,62-64,66-69,71-72,74-76H,3-14,16,18-20,22,24-61H2,1-2H3,(H,70,73)/b17-15-,23-21-. The Morgan fingerprint density at radius 2 is 0.756 bits per heavy atom. The molecule has 6 N–H and O–H groups in total. The van der Waals surface area contributed by atoms with Crippen LogP contribution in [0, 0.1) is 0 Å². The second kappa shape index (κ2) is 58.9. The molecule has 1 amide bonds. The van der Waals surface area contributed by atoms with Crippen molar-refractivity contribution in [1.82, 2.24) is 5.32 Å². The Kier molecular flexibility index (Phi) is 56.3. The summed E-state index contributed by atoms with van der Waals surface area (Å²) in [6.45, 7) is 3.88. The van der Waals surface area contributed by atoms with E-state index in [1.54, 1.807) is 0 Å². The molecule has 9 heteroatoms. The quantitative estimate of drug-likeness (QED) is 0.0261. The van der Waals surface area contributed by atoms with Crippen LogP contribution in [-0.2, 0) is 14.3 Å². The Hall–Kier alpha value is -1.33. The Morgan fingerprint density at radius 3 is 1.10 bits per heavy atom. The van der Waals surface area contributed by atoms with Gasteiger partial charge in [0.25, 0.3) is 0 Å². The number of hydrogen-bond acceptors (Lipinski definition) is 8. The molecule has 7 atom stereocenters. The van der Waals surface area contributed by atoms with E-state index >= 15 is 0 Å². The van der Waals surface area contributed by atoms with E-state index in [1.165, 1.54) is 283 Å².